The van der Waals surface area contributed by atoms with Gasteiger partial charge in [-0.1, -0.05) is 112 Å². The van der Waals surface area contributed by atoms with Crippen LogP contribution in [0.4, 0.5) is 0 Å². The number of phosphoric ester groups is 1. The number of phosphoric acid groups is 1. The van der Waals surface area contributed by atoms with Crippen molar-refractivity contribution in [3.63, 3.8) is 0 Å². The van der Waals surface area contributed by atoms with Crippen molar-refractivity contribution >= 4 is 13.8 Å². The third kappa shape index (κ3) is 33.3. The maximum absolute atomic E-state index is 12.5. The van der Waals surface area contributed by atoms with Crippen LogP contribution in [0.1, 0.15) is 117 Å². The van der Waals surface area contributed by atoms with Crippen LogP contribution >= 0.6 is 7.82 Å². The molecule has 9 heteroatoms. The fourth-order valence-electron chi connectivity index (χ4n) is 4.09. The van der Waals surface area contributed by atoms with Crippen molar-refractivity contribution in [3.05, 3.63) is 72.9 Å². The van der Waals surface area contributed by atoms with Gasteiger partial charge in [-0.15, -0.1) is 0 Å². The van der Waals surface area contributed by atoms with Crippen LogP contribution in [-0.2, 0) is 27.9 Å². The highest BCUT2D eigenvalue weighted by molar-refractivity contribution is 7.47. The van der Waals surface area contributed by atoms with Gasteiger partial charge in [-0.05, 0) is 70.6 Å². The van der Waals surface area contributed by atoms with Gasteiger partial charge in [0.05, 0.1) is 19.8 Å². The number of ether oxygens (including phenoxy) is 2. The molecule has 0 radical (unpaired) electrons. The smallest absolute Gasteiger partial charge is 0.457 e. The van der Waals surface area contributed by atoms with E-state index in [0.29, 0.717) is 6.61 Å². The Bertz CT molecular complexity index is 927. The minimum absolute atomic E-state index is 0.0682. The van der Waals surface area contributed by atoms with Crippen molar-refractivity contribution in [1.29, 1.82) is 0 Å². The van der Waals surface area contributed by atoms with E-state index in [2.05, 4.69) is 86.8 Å². The van der Waals surface area contributed by atoms with Gasteiger partial charge in [0.2, 0.25) is 0 Å². The largest absolute Gasteiger partial charge is 0.472 e. The Hall–Kier alpha value is -2.06. The van der Waals surface area contributed by atoms with Gasteiger partial charge in [-0.2, -0.15) is 0 Å². The molecule has 2 atom stereocenters. The molecule has 0 amide bonds. The first kappa shape index (κ1) is 43.9. The first-order valence-corrected chi connectivity index (χ1v) is 18.9. The predicted molar refractivity (Wildman–Crippen MR) is 192 cm³/mol. The molecule has 0 bridgehead atoms. The van der Waals surface area contributed by atoms with Gasteiger partial charge in [-0.25, -0.2) is 4.57 Å². The Balaban J connectivity index is 4.28. The van der Waals surface area contributed by atoms with Crippen LogP contribution < -0.4 is 5.73 Å². The van der Waals surface area contributed by atoms with E-state index >= 15 is 0 Å². The number of esters is 1. The number of nitrogens with two attached hydrogens (primary N) is 1. The van der Waals surface area contributed by atoms with E-state index in [9.17, 15) is 14.3 Å². The van der Waals surface area contributed by atoms with Crippen LogP contribution in [0.3, 0.4) is 0 Å². The zero-order valence-electron chi connectivity index (χ0n) is 28.8. The Morgan fingerprint density at radius 1 is 0.674 bits per heavy atom. The summed E-state index contributed by atoms with van der Waals surface area (Å²) in [6.45, 7) is 4.52. The SMILES string of the molecule is CC/C=C\C/C=C\C/C=C\C/C=C\CCCOCC(COP(=O)(O)OCCN)OC(=O)CCCCCCC/C=C\C/C=C\CCC. The molecule has 0 saturated heterocycles. The Kier molecular flexibility index (Phi) is 32.7. The standard InChI is InChI=1S/C37H64NO7P/c1-3-5-7-9-11-13-15-17-19-21-23-25-27-29-32-42-34-36(35-44-46(40,41)43-33-31-38)45-37(39)30-28-26-24-22-20-18-16-14-12-10-8-6-4-2/h5,7-8,10-11,13-14,16-17,19,23,25,36H,3-4,6,9,12,15,18,20-22,24,26-35,38H2,1-2H3,(H,40,41)/b7-5-,10-8-,13-11-,16-14-,19-17-,25-23-. The lowest BCUT2D eigenvalue weighted by molar-refractivity contribution is -0.154. The monoisotopic (exact) mass is 665 g/mol. The summed E-state index contributed by atoms with van der Waals surface area (Å²) in [7, 11) is -4.29. The molecule has 0 fully saturated rings. The van der Waals surface area contributed by atoms with Gasteiger partial charge >= 0.3 is 13.8 Å². The van der Waals surface area contributed by atoms with Crippen LogP contribution in [0, 0.1) is 0 Å². The van der Waals surface area contributed by atoms with E-state index in [4.69, 9.17) is 24.3 Å². The molecule has 0 aromatic carbocycles. The summed E-state index contributed by atoms with van der Waals surface area (Å²) in [4.78, 5) is 22.3. The third-order valence-corrected chi connectivity index (χ3v) is 7.57. The van der Waals surface area contributed by atoms with Gasteiger partial charge in [0.25, 0.3) is 0 Å². The molecule has 8 nitrogen and oxygen atoms in total. The van der Waals surface area contributed by atoms with E-state index in [0.717, 1.165) is 89.9 Å². The number of unbranched alkanes of at least 4 members (excludes halogenated alkanes) is 7. The van der Waals surface area contributed by atoms with E-state index in [1.165, 1.54) is 6.42 Å². The fraction of sp³-hybridized carbons (Fsp3) is 0.649. The number of rotatable bonds is 32. The quantitative estimate of drug-likeness (QED) is 0.0316. The molecule has 3 N–H and O–H groups in total. The summed E-state index contributed by atoms with van der Waals surface area (Å²) in [5.74, 6) is -0.369. The van der Waals surface area contributed by atoms with Crippen molar-refractivity contribution in [2.75, 3.05) is 33.0 Å². The molecule has 0 spiro atoms. The van der Waals surface area contributed by atoms with Crippen molar-refractivity contribution < 1.29 is 32.8 Å². The van der Waals surface area contributed by atoms with Gasteiger partial charge in [0.1, 0.15) is 6.10 Å². The molecule has 264 valence electrons. The summed E-state index contributed by atoms with van der Waals surface area (Å²) in [6, 6.07) is 0. The first-order valence-electron chi connectivity index (χ1n) is 17.4. The lowest BCUT2D eigenvalue weighted by Crippen LogP contribution is -2.28. The summed E-state index contributed by atoms with van der Waals surface area (Å²) < 4.78 is 33.1. The van der Waals surface area contributed by atoms with Crippen LogP contribution in [0.15, 0.2) is 72.9 Å². The van der Waals surface area contributed by atoms with Gasteiger partial charge in [0.15, 0.2) is 0 Å². The second-order valence-electron chi connectivity index (χ2n) is 11.0. The molecule has 2 unspecified atom stereocenters. The normalized spacial score (nSPS) is 14.6. The van der Waals surface area contributed by atoms with E-state index < -0.39 is 13.9 Å². The number of carbonyl (C=O) groups is 1. The second kappa shape index (κ2) is 34.3. The highest BCUT2D eigenvalue weighted by Gasteiger charge is 2.25. The van der Waals surface area contributed by atoms with Crippen molar-refractivity contribution in [1.82, 2.24) is 0 Å². The van der Waals surface area contributed by atoms with Crippen molar-refractivity contribution in [3.8, 4) is 0 Å². The Labute approximate surface area is 280 Å². The molecule has 0 heterocycles. The highest BCUT2D eigenvalue weighted by Crippen LogP contribution is 2.43. The Morgan fingerprint density at radius 3 is 1.83 bits per heavy atom. The first-order chi connectivity index (χ1) is 22.4. The molecular weight excluding hydrogens is 601 g/mol. The topological polar surface area (TPSA) is 117 Å². The van der Waals surface area contributed by atoms with E-state index in [-0.39, 0.29) is 38.8 Å². The maximum Gasteiger partial charge on any atom is 0.472 e. The number of allylic oxidation sites excluding steroid dienone is 12. The maximum atomic E-state index is 12.5. The van der Waals surface area contributed by atoms with Gasteiger partial charge in [0, 0.05) is 19.6 Å². The molecule has 0 rings (SSSR count). The average Bonchev–Trinajstić information content (AvgIpc) is 3.04. The lowest BCUT2D eigenvalue weighted by atomic mass is 10.1. The minimum atomic E-state index is -4.29. The summed E-state index contributed by atoms with van der Waals surface area (Å²) in [6.07, 6.45) is 40.7. The number of hydrogen-bond acceptors (Lipinski definition) is 7. The molecule has 0 saturated carbocycles. The molecule has 0 aromatic rings. The van der Waals surface area contributed by atoms with Crippen molar-refractivity contribution in [2.45, 2.75) is 123 Å². The van der Waals surface area contributed by atoms with Gasteiger partial charge < -0.3 is 20.1 Å². The average molecular weight is 666 g/mol. The minimum Gasteiger partial charge on any atom is -0.457 e. The molecule has 46 heavy (non-hydrogen) atoms. The van der Waals surface area contributed by atoms with E-state index in [1.54, 1.807) is 0 Å². The molecular formula is C37H64NO7P. The molecule has 0 aliphatic heterocycles. The molecule has 0 aromatic heterocycles. The lowest BCUT2D eigenvalue weighted by Gasteiger charge is -2.20. The van der Waals surface area contributed by atoms with Crippen LogP contribution in [0.5, 0.6) is 0 Å². The summed E-state index contributed by atoms with van der Waals surface area (Å²) >= 11 is 0. The molecule has 0 aliphatic rings. The number of hydrogen-bond donors (Lipinski definition) is 2. The fourth-order valence-corrected chi connectivity index (χ4v) is 4.86. The Morgan fingerprint density at radius 2 is 1.22 bits per heavy atom. The van der Waals surface area contributed by atoms with Crippen LogP contribution in [0.2, 0.25) is 0 Å². The molecule has 0 aliphatic carbocycles. The summed E-state index contributed by atoms with van der Waals surface area (Å²) in [5.41, 5.74) is 5.33. The van der Waals surface area contributed by atoms with Crippen LogP contribution in [0.25, 0.3) is 0 Å². The third-order valence-electron chi connectivity index (χ3n) is 6.59. The highest BCUT2D eigenvalue weighted by atomic mass is 31.2. The van der Waals surface area contributed by atoms with E-state index in [1.807, 2.05) is 0 Å². The van der Waals surface area contributed by atoms with Crippen molar-refractivity contribution in [2.24, 2.45) is 5.73 Å². The van der Waals surface area contributed by atoms with Crippen LogP contribution in [-0.4, -0.2) is 49.9 Å². The zero-order chi connectivity index (χ0) is 33.8. The zero-order valence-corrected chi connectivity index (χ0v) is 29.7. The summed E-state index contributed by atoms with van der Waals surface area (Å²) in [5, 5.41) is 0. The number of carbonyl (C=O) groups excluding carboxylic acids is 1. The van der Waals surface area contributed by atoms with Gasteiger partial charge in [-0.3, -0.25) is 13.8 Å². The predicted octanol–water partition coefficient (Wildman–Crippen LogP) is 9.63. The second-order valence-corrected chi connectivity index (χ2v) is 12.4.